The Morgan fingerprint density at radius 3 is 2.79 bits per heavy atom. The summed E-state index contributed by atoms with van der Waals surface area (Å²) in [6.07, 6.45) is 5.66. The Morgan fingerprint density at radius 2 is 2.21 bits per heavy atom. The number of nitrogens with zero attached hydrogens (tertiary/aromatic N) is 2. The number of carbonyl (C=O) groups is 1. The van der Waals surface area contributed by atoms with E-state index in [4.69, 9.17) is 0 Å². The topological polar surface area (TPSA) is 45.2 Å². The number of nitrogens with one attached hydrogen (secondary N) is 1. The summed E-state index contributed by atoms with van der Waals surface area (Å²) in [5.74, 6) is 0.432. The molecule has 0 aliphatic carbocycles. The molecule has 1 N–H and O–H groups in total. The van der Waals surface area contributed by atoms with E-state index in [2.05, 4.69) is 10.3 Å². The first-order chi connectivity index (χ1) is 8.81. The number of amides is 1. The van der Waals surface area contributed by atoms with Crippen molar-refractivity contribution in [2.24, 2.45) is 5.92 Å². The molecule has 1 aromatic heterocycles. The average Bonchev–Trinajstić information content (AvgIpc) is 2.46. The van der Waals surface area contributed by atoms with E-state index in [1.165, 1.54) is 0 Å². The predicted molar refractivity (Wildman–Crippen MR) is 78.2 cm³/mol. The van der Waals surface area contributed by atoms with Crippen LogP contribution in [0.1, 0.15) is 25.3 Å². The highest BCUT2D eigenvalue weighted by Gasteiger charge is 2.24. The van der Waals surface area contributed by atoms with Crippen molar-refractivity contribution < 1.29 is 4.79 Å². The van der Waals surface area contributed by atoms with Crippen molar-refractivity contribution in [2.45, 2.75) is 26.3 Å². The zero-order chi connectivity index (χ0) is 12.8. The van der Waals surface area contributed by atoms with E-state index in [1.54, 1.807) is 12.4 Å². The summed E-state index contributed by atoms with van der Waals surface area (Å²) in [6.45, 7) is 5.35. The second-order valence-corrected chi connectivity index (χ2v) is 4.75. The van der Waals surface area contributed by atoms with Crippen LogP contribution in [0.25, 0.3) is 0 Å². The molecule has 4 nitrogen and oxygen atoms in total. The Hall–Kier alpha value is -1.13. The van der Waals surface area contributed by atoms with Gasteiger partial charge >= 0.3 is 0 Å². The Morgan fingerprint density at radius 1 is 1.47 bits per heavy atom. The zero-order valence-electron chi connectivity index (χ0n) is 11.3. The number of aromatic nitrogens is 1. The van der Waals surface area contributed by atoms with Crippen LogP contribution in [-0.2, 0) is 11.3 Å². The molecule has 2 rings (SSSR count). The third-order valence-corrected chi connectivity index (χ3v) is 3.46. The fraction of sp³-hybridized carbons (Fsp3) is 0.571. The van der Waals surface area contributed by atoms with Gasteiger partial charge in [-0.1, -0.05) is 0 Å². The number of hydrogen-bond acceptors (Lipinski definition) is 3. The van der Waals surface area contributed by atoms with Crippen LogP contribution >= 0.6 is 12.4 Å². The molecule has 1 atom stereocenters. The number of halogens is 1. The van der Waals surface area contributed by atoms with E-state index in [0.29, 0.717) is 6.54 Å². The van der Waals surface area contributed by atoms with Crippen molar-refractivity contribution in [2.75, 3.05) is 19.6 Å². The summed E-state index contributed by atoms with van der Waals surface area (Å²) in [7, 11) is 0. The van der Waals surface area contributed by atoms with Crippen molar-refractivity contribution in [3.8, 4) is 0 Å². The van der Waals surface area contributed by atoms with Gasteiger partial charge in [-0.3, -0.25) is 9.78 Å². The second kappa shape index (κ2) is 8.12. The first-order valence-corrected chi connectivity index (χ1v) is 6.69. The molecule has 19 heavy (non-hydrogen) atoms. The van der Waals surface area contributed by atoms with E-state index in [-0.39, 0.29) is 24.2 Å². The van der Waals surface area contributed by atoms with Crippen LogP contribution in [-0.4, -0.2) is 35.4 Å². The van der Waals surface area contributed by atoms with Gasteiger partial charge in [0.25, 0.3) is 0 Å². The van der Waals surface area contributed by atoms with E-state index in [0.717, 1.165) is 38.0 Å². The molecule has 0 aromatic carbocycles. The van der Waals surface area contributed by atoms with Crippen LogP contribution < -0.4 is 5.32 Å². The molecule has 0 spiro atoms. The summed E-state index contributed by atoms with van der Waals surface area (Å²) in [5.41, 5.74) is 1.14. The molecular weight excluding hydrogens is 262 g/mol. The lowest BCUT2D eigenvalue weighted by Crippen LogP contribution is -2.42. The standard InChI is InChI=1S/C14H21N3O.ClH/c1-2-17(11-12-5-8-15-9-6-12)14(18)13-4-3-7-16-10-13;/h5-6,8-9,13,16H,2-4,7,10-11H2,1H3;1H. The van der Waals surface area contributed by atoms with Crippen LogP contribution in [0.3, 0.4) is 0 Å². The predicted octanol–water partition coefficient (Wildman–Crippen LogP) is 1.85. The lowest BCUT2D eigenvalue weighted by atomic mass is 9.98. The highest BCUT2D eigenvalue weighted by atomic mass is 35.5. The summed E-state index contributed by atoms with van der Waals surface area (Å²) in [6, 6.07) is 3.93. The Bertz CT molecular complexity index is 380. The van der Waals surface area contributed by atoms with E-state index in [9.17, 15) is 4.79 Å². The minimum absolute atomic E-state index is 0. The van der Waals surface area contributed by atoms with Gasteiger partial charge in [-0.25, -0.2) is 0 Å². The van der Waals surface area contributed by atoms with Crippen molar-refractivity contribution in [3.63, 3.8) is 0 Å². The van der Waals surface area contributed by atoms with Gasteiger partial charge in [0.1, 0.15) is 0 Å². The molecule has 2 heterocycles. The van der Waals surface area contributed by atoms with Crippen LogP contribution in [0.15, 0.2) is 24.5 Å². The molecule has 1 fully saturated rings. The van der Waals surface area contributed by atoms with Crippen molar-refractivity contribution in [1.82, 2.24) is 15.2 Å². The molecule has 0 bridgehead atoms. The number of hydrogen-bond donors (Lipinski definition) is 1. The van der Waals surface area contributed by atoms with Gasteiger partial charge in [0, 0.05) is 32.0 Å². The fourth-order valence-corrected chi connectivity index (χ4v) is 2.37. The van der Waals surface area contributed by atoms with Gasteiger partial charge in [0.15, 0.2) is 0 Å². The maximum Gasteiger partial charge on any atom is 0.227 e. The third kappa shape index (κ3) is 4.48. The van der Waals surface area contributed by atoms with Crippen molar-refractivity contribution in [3.05, 3.63) is 30.1 Å². The molecule has 1 unspecified atom stereocenters. The van der Waals surface area contributed by atoms with Crippen LogP contribution in [0.4, 0.5) is 0 Å². The number of carbonyl (C=O) groups excluding carboxylic acids is 1. The molecule has 5 heteroatoms. The van der Waals surface area contributed by atoms with Gasteiger partial charge in [0.2, 0.25) is 5.91 Å². The Balaban J connectivity index is 0.00000180. The molecule has 0 radical (unpaired) electrons. The molecule has 1 saturated heterocycles. The van der Waals surface area contributed by atoms with Gasteiger partial charge in [-0.15, -0.1) is 12.4 Å². The SMILES string of the molecule is CCN(Cc1ccncc1)C(=O)C1CCCNC1.Cl. The Kier molecular flexibility index (Phi) is 6.81. The quantitative estimate of drug-likeness (QED) is 0.917. The molecule has 0 saturated carbocycles. The first kappa shape index (κ1) is 15.9. The van der Waals surface area contributed by atoms with Gasteiger partial charge in [-0.05, 0) is 44.0 Å². The maximum absolute atomic E-state index is 12.4. The van der Waals surface area contributed by atoms with Gasteiger partial charge < -0.3 is 10.2 Å². The minimum atomic E-state index is 0. The summed E-state index contributed by atoms with van der Waals surface area (Å²) >= 11 is 0. The molecular formula is C14H22ClN3O. The highest BCUT2D eigenvalue weighted by Crippen LogP contribution is 2.15. The monoisotopic (exact) mass is 283 g/mol. The molecule has 1 amide bonds. The summed E-state index contributed by atoms with van der Waals surface area (Å²) < 4.78 is 0. The molecule has 1 aliphatic heterocycles. The van der Waals surface area contributed by atoms with E-state index >= 15 is 0 Å². The molecule has 106 valence electrons. The fourth-order valence-electron chi connectivity index (χ4n) is 2.37. The lowest BCUT2D eigenvalue weighted by molar-refractivity contribution is -0.136. The van der Waals surface area contributed by atoms with Crippen LogP contribution in [0, 0.1) is 5.92 Å². The lowest BCUT2D eigenvalue weighted by Gasteiger charge is -2.29. The Labute approximate surface area is 121 Å². The first-order valence-electron chi connectivity index (χ1n) is 6.69. The minimum Gasteiger partial charge on any atom is -0.338 e. The van der Waals surface area contributed by atoms with Crippen molar-refractivity contribution in [1.29, 1.82) is 0 Å². The smallest absolute Gasteiger partial charge is 0.227 e. The number of pyridine rings is 1. The normalized spacial score (nSPS) is 18.5. The third-order valence-electron chi connectivity index (χ3n) is 3.46. The molecule has 1 aliphatic rings. The average molecular weight is 284 g/mol. The van der Waals surface area contributed by atoms with E-state index in [1.807, 2.05) is 24.0 Å². The second-order valence-electron chi connectivity index (χ2n) is 4.75. The molecule has 1 aromatic rings. The van der Waals surface area contributed by atoms with Crippen molar-refractivity contribution >= 4 is 18.3 Å². The maximum atomic E-state index is 12.4. The largest absolute Gasteiger partial charge is 0.338 e. The van der Waals surface area contributed by atoms with Gasteiger partial charge in [-0.2, -0.15) is 0 Å². The van der Waals surface area contributed by atoms with Gasteiger partial charge in [0.05, 0.1) is 5.92 Å². The van der Waals surface area contributed by atoms with E-state index < -0.39 is 0 Å². The number of piperidine rings is 1. The van der Waals surface area contributed by atoms with Crippen LogP contribution in [0.5, 0.6) is 0 Å². The number of rotatable bonds is 4. The summed E-state index contributed by atoms with van der Waals surface area (Å²) in [5, 5.41) is 3.30. The zero-order valence-corrected chi connectivity index (χ0v) is 12.2. The van der Waals surface area contributed by atoms with Crippen LogP contribution in [0.2, 0.25) is 0 Å². The highest BCUT2D eigenvalue weighted by molar-refractivity contribution is 5.85. The summed E-state index contributed by atoms with van der Waals surface area (Å²) in [4.78, 5) is 18.3.